The van der Waals surface area contributed by atoms with Crippen molar-refractivity contribution >= 4 is 0 Å². The molecule has 1 saturated heterocycles. The number of nitrogens with one attached hydrogen (secondary N) is 1. The normalized spacial score (nSPS) is 27.0. The zero-order valence-electron chi connectivity index (χ0n) is 7.92. The summed E-state index contributed by atoms with van der Waals surface area (Å²) in [5, 5.41) is 24.1. The summed E-state index contributed by atoms with van der Waals surface area (Å²) in [6.45, 7) is 1.42. The van der Waals surface area contributed by atoms with E-state index in [1.807, 2.05) is 0 Å². The first-order valence-electron chi connectivity index (χ1n) is 4.48. The Hall–Kier alpha value is -1.05. The molecule has 1 aromatic heterocycles. The molecule has 0 unspecified atom stereocenters. The molecular formula is C7H13N5O2. The highest BCUT2D eigenvalue weighted by Crippen LogP contribution is 2.05. The number of tetrazole rings is 1. The Balaban J connectivity index is 1.82. The Morgan fingerprint density at radius 3 is 3.07 bits per heavy atom. The first-order valence-corrected chi connectivity index (χ1v) is 4.48. The Morgan fingerprint density at radius 2 is 2.50 bits per heavy atom. The summed E-state index contributed by atoms with van der Waals surface area (Å²) in [7, 11) is 1.71. The van der Waals surface area contributed by atoms with Crippen molar-refractivity contribution < 1.29 is 9.84 Å². The molecule has 0 aliphatic carbocycles. The Kier molecular flexibility index (Phi) is 2.71. The standard InChI is InChI=1S/C7H13N5O2/c1-12-10-7(9-11-12)2-8-5-3-14-4-6(5)13/h5-6,8,13H,2-4H2,1H3/t5-,6-/m1/s1. The smallest absolute Gasteiger partial charge is 0.188 e. The molecule has 1 aliphatic heterocycles. The first kappa shape index (κ1) is 9.50. The van der Waals surface area contributed by atoms with Crippen LogP contribution in [-0.2, 0) is 18.3 Å². The average Bonchev–Trinajstić information content (AvgIpc) is 2.72. The molecule has 78 valence electrons. The summed E-state index contributed by atoms with van der Waals surface area (Å²) in [4.78, 5) is 1.40. The van der Waals surface area contributed by atoms with Crippen LogP contribution in [0.2, 0.25) is 0 Å². The highest BCUT2D eigenvalue weighted by atomic mass is 16.5. The van der Waals surface area contributed by atoms with Crippen molar-refractivity contribution in [2.75, 3.05) is 13.2 Å². The lowest BCUT2D eigenvalue weighted by atomic mass is 10.2. The monoisotopic (exact) mass is 199 g/mol. The van der Waals surface area contributed by atoms with E-state index in [-0.39, 0.29) is 6.04 Å². The molecule has 2 N–H and O–H groups in total. The van der Waals surface area contributed by atoms with Crippen LogP contribution in [0.25, 0.3) is 0 Å². The van der Waals surface area contributed by atoms with Crippen LogP contribution < -0.4 is 5.32 Å². The number of hydrogen-bond donors (Lipinski definition) is 2. The largest absolute Gasteiger partial charge is 0.389 e. The summed E-state index contributed by atoms with van der Waals surface area (Å²) in [6, 6.07) is -0.0289. The Labute approximate surface area is 81.1 Å². The third kappa shape index (κ3) is 2.06. The van der Waals surface area contributed by atoms with Crippen LogP contribution in [-0.4, -0.2) is 50.7 Å². The molecule has 2 rings (SSSR count). The fraction of sp³-hybridized carbons (Fsp3) is 0.857. The Bertz CT molecular complexity index is 302. The van der Waals surface area contributed by atoms with Gasteiger partial charge in [-0.05, 0) is 5.21 Å². The molecule has 0 saturated carbocycles. The molecule has 0 aromatic carbocycles. The lowest BCUT2D eigenvalue weighted by molar-refractivity contribution is 0.122. The van der Waals surface area contributed by atoms with Gasteiger partial charge in [-0.15, -0.1) is 10.2 Å². The summed E-state index contributed by atoms with van der Waals surface area (Å²) in [6.07, 6.45) is -0.438. The summed E-state index contributed by atoms with van der Waals surface area (Å²) in [5.41, 5.74) is 0. The van der Waals surface area contributed by atoms with Crippen LogP contribution in [0.4, 0.5) is 0 Å². The predicted octanol–water partition coefficient (Wildman–Crippen LogP) is -1.94. The fourth-order valence-corrected chi connectivity index (χ4v) is 1.35. The number of aliphatic hydroxyl groups excluding tert-OH is 1. The van der Waals surface area contributed by atoms with Gasteiger partial charge in [0.05, 0.1) is 39.0 Å². The minimum absolute atomic E-state index is 0.0289. The maximum Gasteiger partial charge on any atom is 0.188 e. The van der Waals surface area contributed by atoms with Crippen LogP contribution in [0.5, 0.6) is 0 Å². The molecule has 0 bridgehead atoms. The maximum atomic E-state index is 9.42. The topological polar surface area (TPSA) is 85.1 Å². The van der Waals surface area contributed by atoms with Crippen LogP contribution in [0, 0.1) is 0 Å². The van der Waals surface area contributed by atoms with Gasteiger partial charge in [0, 0.05) is 0 Å². The van der Waals surface area contributed by atoms with Gasteiger partial charge < -0.3 is 15.2 Å². The average molecular weight is 199 g/mol. The van der Waals surface area contributed by atoms with E-state index in [4.69, 9.17) is 4.74 Å². The van der Waals surface area contributed by atoms with Crippen molar-refractivity contribution in [2.45, 2.75) is 18.7 Å². The highest BCUT2D eigenvalue weighted by Gasteiger charge is 2.25. The SMILES string of the molecule is Cn1nnc(CN[C@@H]2COC[C@H]2O)n1. The highest BCUT2D eigenvalue weighted by molar-refractivity contribution is 4.84. The molecule has 1 aromatic rings. The van der Waals surface area contributed by atoms with Crippen LogP contribution >= 0.6 is 0 Å². The number of aryl methyl sites for hydroxylation is 1. The Morgan fingerprint density at radius 1 is 1.64 bits per heavy atom. The van der Waals surface area contributed by atoms with Crippen molar-refractivity contribution in [3.8, 4) is 0 Å². The minimum Gasteiger partial charge on any atom is -0.389 e. The first-order chi connectivity index (χ1) is 6.75. The van der Waals surface area contributed by atoms with Gasteiger partial charge in [0.25, 0.3) is 0 Å². The predicted molar refractivity (Wildman–Crippen MR) is 46.3 cm³/mol. The lowest BCUT2D eigenvalue weighted by Crippen LogP contribution is -2.38. The number of rotatable bonds is 3. The number of aliphatic hydroxyl groups is 1. The molecule has 1 fully saturated rings. The van der Waals surface area contributed by atoms with Gasteiger partial charge in [-0.2, -0.15) is 4.80 Å². The van der Waals surface area contributed by atoms with Gasteiger partial charge in [-0.3, -0.25) is 0 Å². The fourth-order valence-electron chi connectivity index (χ4n) is 1.35. The number of nitrogens with zero attached hydrogens (tertiary/aromatic N) is 4. The van der Waals surface area contributed by atoms with Gasteiger partial charge in [0.15, 0.2) is 5.82 Å². The molecule has 2 atom stereocenters. The van der Waals surface area contributed by atoms with Gasteiger partial charge in [-0.1, -0.05) is 0 Å². The van der Waals surface area contributed by atoms with Crippen LogP contribution in [0.3, 0.4) is 0 Å². The zero-order valence-corrected chi connectivity index (χ0v) is 7.92. The summed E-state index contributed by atoms with van der Waals surface area (Å²) >= 11 is 0. The van der Waals surface area contributed by atoms with E-state index in [1.165, 1.54) is 4.80 Å². The maximum absolute atomic E-state index is 9.42. The quantitative estimate of drug-likeness (QED) is 0.589. The summed E-state index contributed by atoms with van der Waals surface area (Å²) in [5.74, 6) is 0.617. The van der Waals surface area contributed by atoms with E-state index < -0.39 is 6.10 Å². The second-order valence-corrected chi connectivity index (χ2v) is 3.29. The minimum atomic E-state index is -0.438. The van der Waals surface area contributed by atoms with Crippen LogP contribution in [0.15, 0.2) is 0 Å². The zero-order chi connectivity index (χ0) is 9.97. The van der Waals surface area contributed by atoms with E-state index in [0.29, 0.717) is 25.6 Å². The molecule has 0 amide bonds. The molecular weight excluding hydrogens is 186 g/mol. The van der Waals surface area contributed by atoms with Gasteiger partial charge in [-0.25, -0.2) is 0 Å². The van der Waals surface area contributed by atoms with Crippen LogP contribution in [0.1, 0.15) is 5.82 Å². The van der Waals surface area contributed by atoms with E-state index in [9.17, 15) is 5.11 Å². The second-order valence-electron chi connectivity index (χ2n) is 3.29. The van der Waals surface area contributed by atoms with Crippen molar-refractivity contribution in [3.05, 3.63) is 5.82 Å². The van der Waals surface area contributed by atoms with Crippen molar-refractivity contribution in [1.29, 1.82) is 0 Å². The third-order valence-corrected chi connectivity index (χ3v) is 2.12. The van der Waals surface area contributed by atoms with Crippen molar-refractivity contribution in [1.82, 2.24) is 25.5 Å². The number of ether oxygens (including phenoxy) is 1. The van der Waals surface area contributed by atoms with Crippen molar-refractivity contribution in [3.63, 3.8) is 0 Å². The van der Waals surface area contributed by atoms with Gasteiger partial charge in [0.1, 0.15) is 0 Å². The molecule has 7 nitrogen and oxygen atoms in total. The van der Waals surface area contributed by atoms with Gasteiger partial charge >= 0.3 is 0 Å². The van der Waals surface area contributed by atoms with Crippen molar-refractivity contribution in [2.24, 2.45) is 7.05 Å². The van der Waals surface area contributed by atoms with E-state index in [2.05, 4.69) is 20.7 Å². The van der Waals surface area contributed by atoms with Gasteiger partial charge in [0.2, 0.25) is 0 Å². The molecule has 0 spiro atoms. The molecule has 14 heavy (non-hydrogen) atoms. The van der Waals surface area contributed by atoms with E-state index >= 15 is 0 Å². The lowest BCUT2D eigenvalue weighted by Gasteiger charge is -2.12. The molecule has 0 radical (unpaired) electrons. The second kappa shape index (κ2) is 3.99. The third-order valence-electron chi connectivity index (χ3n) is 2.12. The molecule has 7 heteroatoms. The summed E-state index contributed by atoms with van der Waals surface area (Å²) < 4.78 is 5.09. The molecule has 1 aliphatic rings. The number of aromatic nitrogens is 4. The van der Waals surface area contributed by atoms with E-state index in [1.54, 1.807) is 7.05 Å². The number of hydrogen-bond acceptors (Lipinski definition) is 6. The molecule has 2 heterocycles. The van der Waals surface area contributed by atoms with E-state index in [0.717, 1.165) is 0 Å².